The minimum absolute atomic E-state index is 0.0796. The maximum Gasteiger partial charge on any atom is 0.247 e. The summed E-state index contributed by atoms with van der Waals surface area (Å²) in [5, 5.41) is 33.2. The highest BCUT2D eigenvalue weighted by Crippen LogP contribution is 2.37. The van der Waals surface area contributed by atoms with Crippen LogP contribution in [-0.2, 0) is 20.9 Å². The van der Waals surface area contributed by atoms with Crippen LogP contribution >= 0.6 is 22.6 Å². The molecule has 0 spiro atoms. The van der Waals surface area contributed by atoms with Crippen molar-refractivity contribution in [1.82, 2.24) is 15.1 Å². The fourth-order valence-electron chi connectivity index (χ4n) is 4.91. The highest BCUT2D eigenvalue weighted by molar-refractivity contribution is 14.1. The Morgan fingerprint density at radius 1 is 1.25 bits per heavy atom. The molecule has 1 heterocycles. The molecule has 224 valence electrons. The van der Waals surface area contributed by atoms with Gasteiger partial charge < -0.3 is 39.7 Å². The molecular weight excluding hydrogens is 633 g/mol. The molecule has 40 heavy (non-hydrogen) atoms. The second kappa shape index (κ2) is 15.9. The van der Waals surface area contributed by atoms with Crippen LogP contribution in [0.2, 0.25) is 0 Å². The van der Waals surface area contributed by atoms with Gasteiger partial charge >= 0.3 is 0 Å². The van der Waals surface area contributed by atoms with Gasteiger partial charge in [0.05, 0.1) is 43.1 Å². The Bertz CT molecular complexity index is 1030. The van der Waals surface area contributed by atoms with Gasteiger partial charge in [-0.25, -0.2) is 0 Å². The average molecular weight is 676 g/mol. The van der Waals surface area contributed by atoms with Crippen molar-refractivity contribution in [2.75, 3.05) is 59.7 Å². The number of benzene rings is 1. The molecule has 0 saturated carbocycles. The summed E-state index contributed by atoms with van der Waals surface area (Å²) in [5.74, 6) is 0.378. The van der Waals surface area contributed by atoms with Gasteiger partial charge in [0.25, 0.3) is 0 Å². The second-order valence-electron chi connectivity index (χ2n) is 10.4. The van der Waals surface area contributed by atoms with Crippen molar-refractivity contribution < 1.29 is 39.1 Å². The number of rotatable bonds is 13. The van der Waals surface area contributed by atoms with Crippen molar-refractivity contribution in [2.45, 2.75) is 51.5 Å². The van der Waals surface area contributed by atoms with E-state index in [4.69, 9.17) is 14.2 Å². The summed E-state index contributed by atoms with van der Waals surface area (Å²) in [4.78, 5) is 30.5. The van der Waals surface area contributed by atoms with Crippen molar-refractivity contribution in [2.24, 2.45) is 5.92 Å². The predicted octanol–water partition coefficient (Wildman–Crippen LogP) is 0.915. The lowest BCUT2D eigenvalue weighted by Gasteiger charge is -2.41. The molecule has 4 N–H and O–H groups in total. The lowest BCUT2D eigenvalue weighted by Crippen LogP contribution is -2.57. The maximum atomic E-state index is 13.5. The normalized spacial score (nSPS) is 21.6. The fraction of sp³-hybridized carbons (Fsp3) is 0.643. The average Bonchev–Trinajstić information content (AvgIpc) is 2.94. The molecule has 1 fully saturated rings. The highest BCUT2D eigenvalue weighted by atomic mass is 127. The Labute approximate surface area is 249 Å². The molecular formula is C28H42IN3O8. The molecule has 1 aromatic rings. The quantitative estimate of drug-likeness (QED) is 0.225. The maximum absolute atomic E-state index is 13.5. The van der Waals surface area contributed by atoms with E-state index in [-0.39, 0.29) is 43.9 Å². The number of methoxy groups -OCH3 is 1. The molecule has 1 saturated heterocycles. The summed E-state index contributed by atoms with van der Waals surface area (Å²) in [7, 11) is 1.49. The first-order valence-corrected chi connectivity index (χ1v) is 14.8. The van der Waals surface area contributed by atoms with Gasteiger partial charge in [-0.1, -0.05) is 13.8 Å². The van der Waals surface area contributed by atoms with Crippen LogP contribution in [0.1, 0.15) is 32.3 Å². The largest absolute Gasteiger partial charge is 0.493 e. The third kappa shape index (κ3) is 8.76. The minimum atomic E-state index is -1.13. The van der Waals surface area contributed by atoms with E-state index >= 15 is 0 Å². The van der Waals surface area contributed by atoms with Crippen LogP contribution in [0.25, 0.3) is 0 Å². The number of halogens is 1. The fourth-order valence-corrected chi connectivity index (χ4v) is 5.70. The first-order chi connectivity index (χ1) is 19.2. The summed E-state index contributed by atoms with van der Waals surface area (Å²) >= 11 is 2.07. The van der Waals surface area contributed by atoms with Gasteiger partial charge in [0.2, 0.25) is 11.8 Å². The summed E-state index contributed by atoms with van der Waals surface area (Å²) in [5.41, 5.74) is 1.01. The van der Waals surface area contributed by atoms with E-state index in [1.807, 2.05) is 13.8 Å². The van der Waals surface area contributed by atoms with Gasteiger partial charge in [0.15, 0.2) is 11.5 Å². The van der Waals surface area contributed by atoms with E-state index < -0.39 is 18.2 Å². The first kappa shape index (κ1) is 32.5. The number of nitrogens with one attached hydrogen (secondary N) is 1. The number of ether oxygens (including phenoxy) is 3. The van der Waals surface area contributed by atoms with Crippen molar-refractivity contribution in [3.05, 3.63) is 32.9 Å². The standard InChI is InChI=1S/C28H42IN3O8/c1-18(2)12-25(35)32(6-5-31-7-10-39-11-8-31)22-15-20(28(37)30-4-9-33)16-23(26(22)36)40-27-21(29)13-19(17-34)14-24(27)38-3/h13-14,16,18,22-23,26,33-34,36H,4-12,15,17H2,1-3H3,(H,30,37)/t22-,23+,26+/m1/s1. The molecule has 11 nitrogen and oxygen atoms in total. The number of amides is 2. The smallest absolute Gasteiger partial charge is 0.247 e. The van der Waals surface area contributed by atoms with Gasteiger partial charge in [-0.3, -0.25) is 14.5 Å². The minimum Gasteiger partial charge on any atom is -0.493 e. The molecule has 12 heteroatoms. The highest BCUT2D eigenvalue weighted by Gasteiger charge is 2.41. The van der Waals surface area contributed by atoms with Gasteiger partial charge in [-0.05, 0) is 52.3 Å². The summed E-state index contributed by atoms with van der Waals surface area (Å²) in [6.45, 7) is 7.44. The van der Waals surface area contributed by atoms with Crippen LogP contribution in [0.5, 0.6) is 11.5 Å². The third-order valence-electron chi connectivity index (χ3n) is 7.00. The van der Waals surface area contributed by atoms with E-state index in [9.17, 15) is 24.9 Å². The van der Waals surface area contributed by atoms with Gasteiger partial charge in [0.1, 0.15) is 12.2 Å². The van der Waals surface area contributed by atoms with E-state index in [1.165, 1.54) is 7.11 Å². The zero-order valence-corrected chi connectivity index (χ0v) is 25.6. The molecule has 0 radical (unpaired) electrons. The van der Waals surface area contributed by atoms with E-state index in [2.05, 4.69) is 32.8 Å². The predicted molar refractivity (Wildman–Crippen MR) is 157 cm³/mol. The van der Waals surface area contributed by atoms with Crippen molar-refractivity contribution in [1.29, 1.82) is 0 Å². The van der Waals surface area contributed by atoms with Gasteiger partial charge in [-0.15, -0.1) is 0 Å². The Kier molecular flexibility index (Phi) is 12.9. The number of aliphatic hydroxyl groups excluding tert-OH is 3. The molecule has 2 aliphatic rings. The molecule has 0 unspecified atom stereocenters. The van der Waals surface area contributed by atoms with Crippen LogP contribution in [-0.4, -0.2) is 115 Å². The van der Waals surface area contributed by atoms with Crippen LogP contribution < -0.4 is 14.8 Å². The molecule has 1 aliphatic carbocycles. The molecule has 2 amide bonds. The Hall–Kier alpha value is -1.97. The van der Waals surface area contributed by atoms with Crippen LogP contribution in [0.3, 0.4) is 0 Å². The number of nitrogens with zero attached hydrogens (tertiary/aromatic N) is 2. The molecule has 3 atom stereocenters. The van der Waals surface area contributed by atoms with E-state index in [1.54, 1.807) is 23.1 Å². The van der Waals surface area contributed by atoms with Crippen LogP contribution in [0.15, 0.2) is 23.8 Å². The number of carbonyl (C=O) groups is 2. The second-order valence-corrected chi connectivity index (χ2v) is 11.6. The number of hydrogen-bond acceptors (Lipinski definition) is 9. The third-order valence-corrected chi connectivity index (χ3v) is 7.81. The zero-order chi connectivity index (χ0) is 29.2. The SMILES string of the molecule is COc1cc(CO)cc(I)c1O[C@H]1C=C(C(=O)NCCO)C[C@@H](N(CCN2CCOCC2)C(=O)CC(C)C)[C@@H]1O. The zero-order valence-electron chi connectivity index (χ0n) is 23.5. The van der Waals surface area contributed by atoms with Crippen LogP contribution in [0.4, 0.5) is 0 Å². The van der Waals surface area contributed by atoms with Gasteiger partial charge in [-0.2, -0.15) is 0 Å². The summed E-state index contributed by atoms with van der Waals surface area (Å²) in [6.07, 6.45) is -0.0663. The number of aliphatic hydroxyl groups is 3. The lowest BCUT2D eigenvalue weighted by molar-refractivity contribution is -0.139. The van der Waals surface area contributed by atoms with Gasteiger partial charge in [0, 0.05) is 51.1 Å². The number of morpholine rings is 1. The van der Waals surface area contributed by atoms with E-state index in [0.29, 0.717) is 58.9 Å². The van der Waals surface area contributed by atoms with Crippen LogP contribution in [0, 0.1) is 9.49 Å². The molecule has 1 aliphatic heterocycles. The van der Waals surface area contributed by atoms with Crippen molar-refractivity contribution in [3.8, 4) is 11.5 Å². The molecule has 0 aromatic heterocycles. The topological polar surface area (TPSA) is 141 Å². The molecule has 0 bridgehead atoms. The Balaban J connectivity index is 1.95. The van der Waals surface area contributed by atoms with Crippen molar-refractivity contribution >= 4 is 34.4 Å². The summed E-state index contributed by atoms with van der Waals surface area (Å²) < 4.78 is 17.9. The molecule has 1 aromatic carbocycles. The van der Waals surface area contributed by atoms with E-state index in [0.717, 1.165) is 13.1 Å². The number of carbonyl (C=O) groups excluding carboxylic acids is 2. The Morgan fingerprint density at radius 3 is 2.60 bits per heavy atom. The molecule has 3 rings (SSSR count). The monoisotopic (exact) mass is 675 g/mol. The Morgan fingerprint density at radius 2 is 1.98 bits per heavy atom. The van der Waals surface area contributed by atoms with Crippen molar-refractivity contribution in [3.63, 3.8) is 0 Å². The summed E-state index contributed by atoms with van der Waals surface area (Å²) in [6, 6.07) is 2.70. The number of hydrogen-bond donors (Lipinski definition) is 4. The lowest BCUT2D eigenvalue weighted by atomic mass is 9.87. The first-order valence-electron chi connectivity index (χ1n) is 13.7.